The number of rotatable bonds is 6. The zero-order valence-corrected chi connectivity index (χ0v) is 11.1. The monoisotopic (exact) mass is 249 g/mol. The maximum atomic E-state index is 8.95. The third-order valence-electron chi connectivity index (χ3n) is 3.76. The van der Waals surface area contributed by atoms with Crippen molar-refractivity contribution < 1.29 is 9.84 Å². The van der Waals surface area contributed by atoms with Crippen LogP contribution in [0.2, 0.25) is 0 Å². The summed E-state index contributed by atoms with van der Waals surface area (Å²) in [6.45, 7) is 2.42. The third kappa shape index (κ3) is 3.24. The fourth-order valence-corrected chi connectivity index (χ4v) is 2.81. The van der Waals surface area contributed by atoms with Gasteiger partial charge in [0.25, 0.3) is 0 Å². The van der Waals surface area contributed by atoms with Crippen molar-refractivity contribution >= 4 is 0 Å². The van der Waals surface area contributed by atoms with E-state index in [-0.39, 0.29) is 0 Å². The minimum atomic E-state index is 0.305. The van der Waals surface area contributed by atoms with Crippen molar-refractivity contribution in [1.29, 1.82) is 0 Å². The molecule has 0 spiro atoms. The molecule has 1 aromatic rings. The molecule has 1 aromatic carbocycles. The van der Waals surface area contributed by atoms with Crippen LogP contribution >= 0.6 is 0 Å². The van der Waals surface area contributed by atoms with E-state index in [4.69, 9.17) is 9.84 Å². The molecule has 100 valence electrons. The molecule has 1 N–H and O–H groups in total. The molecule has 3 nitrogen and oxygen atoms in total. The first kappa shape index (κ1) is 13.4. The molecule has 0 amide bonds. The number of ether oxygens (including phenoxy) is 1. The summed E-state index contributed by atoms with van der Waals surface area (Å²) in [5.41, 5.74) is 1.26. The van der Waals surface area contributed by atoms with Gasteiger partial charge in [-0.3, -0.25) is 4.90 Å². The highest BCUT2D eigenvalue weighted by Crippen LogP contribution is 2.26. The second-order valence-electron chi connectivity index (χ2n) is 4.94. The molecule has 0 aromatic heterocycles. The summed E-state index contributed by atoms with van der Waals surface area (Å²) in [4.78, 5) is 2.52. The second kappa shape index (κ2) is 6.76. The summed E-state index contributed by atoms with van der Waals surface area (Å²) in [6, 6.07) is 8.86. The Kier molecular flexibility index (Phi) is 5.02. The molecule has 3 heteroatoms. The Hall–Kier alpha value is -1.06. The van der Waals surface area contributed by atoms with Gasteiger partial charge in [-0.25, -0.2) is 0 Å². The lowest BCUT2D eigenvalue weighted by Crippen LogP contribution is -2.29. The van der Waals surface area contributed by atoms with Crippen molar-refractivity contribution in [1.82, 2.24) is 4.90 Å². The Morgan fingerprint density at radius 1 is 1.39 bits per heavy atom. The fraction of sp³-hybridized carbons (Fsp3) is 0.600. The highest BCUT2D eigenvalue weighted by Gasteiger charge is 2.24. The van der Waals surface area contributed by atoms with Crippen LogP contribution in [-0.2, 0) is 6.54 Å². The lowest BCUT2D eigenvalue weighted by atomic mass is 10.1. The molecular formula is C15H23NO2. The molecule has 0 radical (unpaired) electrons. The first-order chi connectivity index (χ1) is 8.85. The fourth-order valence-electron chi connectivity index (χ4n) is 2.81. The highest BCUT2D eigenvalue weighted by molar-refractivity contribution is 5.33. The van der Waals surface area contributed by atoms with Crippen LogP contribution in [0.1, 0.15) is 31.2 Å². The SMILES string of the molecule is COc1ccccc1CN1CCCC1CCCO. The van der Waals surface area contributed by atoms with Gasteiger partial charge in [0, 0.05) is 24.8 Å². The van der Waals surface area contributed by atoms with Crippen molar-refractivity contribution in [2.45, 2.75) is 38.3 Å². The van der Waals surface area contributed by atoms with E-state index in [1.165, 1.54) is 18.4 Å². The number of hydrogen-bond donors (Lipinski definition) is 1. The molecule has 2 rings (SSSR count). The largest absolute Gasteiger partial charge is 0.496 e. The molecule has 0 saturated carbocycles. The smallest absolute Gasteiger partial charge is 0.123 e. The van der Waals surface area contributed by atoms with Crippen LogP contribution in [0.15, 0.2) is 24.3 Å². The number of likely N-dealkylation sites (tertiary alicyclic amines) is 1. The predicted octanol–water partition coefficient (Wildman–Crippen LogP) is 2.43. The van der Waals surface area contributed by atoms with Crippen molar-refractivity contribution in [2.75, 3.05) is 20.3 Å². The number of benzene rings is 1. The first-order valence-corrected chi connectivity index (χ1v) is 6.82. The predicted molar refractivity (Wildman–Crippen MR) is 72.7 cm³/mol. The van der Waals surface area contributed by atoms with Gasteiger partial charge < -0.3 is 9.84 Å². The Morgan fingerprint density at radius 3 is 3.00 bits per heavy atom. The van der Waals surface area contributed by atoms with Crippen LogP contribution in [0.3, 0.4) is 0 Å². The van der Waals surface area contributed by atoms with E-state index in [9.17, 15) is 0 Å². The van der Waals surface area contributed by atoms with E-state index in [0.717, 1.165) is 31.7 Å². The van der Waals surface area contributed by atoms with Crippen LogP contribution in [0.25, 0.3) is 0 Å². The van der Waals surface area contributed by atoms with Gasteiger partial charge in [-0.05, 0) is 38.3 Å². The van der Waals surface area contributed by atoms with E-state index >= 15 is 0 Å². The first-order valence-electron chi connectivity index (χ1n) is 6.82. The topological polar surface area (TPSA) is 32.7 Å². The van der Waals surface area contributed by atoms with E-state index < -0.39 is 0 Å². The third-order valence-corrected chi connectivity index (χ3v) is 3.76. The molecule has 1 saturated heterocycles. The van der Waals surface area contributed by atoms with Gasteiger partial charge >= 0.3 is 0 Å². The molecule has 1 aliphatic rings. The van der Waals surface area contributed by atoms with Crippen LogP contribution in [0.5, 0.6) is 5.75 Å². The van der Waals surface area contributed by atoms with E-state index in [0.29, 0.717) is 12.6 Å². The van der Waals surface area contributed by atoms with Gasteiger partial charge in [-0.2, -0.15) is 0 Å². The van der Waals surface area contributed by atoms with E-state index in [1.54, 1.807) is 7.11 Å². The van der Waals surface area contributed by atoms with Crippen molar-refractivity contribution in [3.05, 3.63) is 29.8 Å². The average molecular weight is 249 g/mol. The quantitative estimate of drug-likeness (QED) is 0.840. The zero-order valence-electron chi connectivity index (χ0n) is 11.1. The Balaban J connectivity index is 1.99. The van der Waals surface area contributed by atoms with Crippen LogP contribution < -0.4 is 4.74 Å². The van der Waals surface area contributed by atoms with Gasteiger partial charge in [0.15, 0.2) is 0 Å². The van der Waals surface area contributed by atoms with Gasteiger partial charge in [-0.1, -0.05) is 18.2 Å². The van der Waals surface area contributed by atoms with Gasteiger partial charge in [0.05, 0.1) is 7.11 Å². The minimum absolute atomic E-state index is 0.305. The molecular weight excluding hydrogens is 226 g/mol. The van der Waals surface area contributed by atoms with Crippen LogP contribution in [-0.4, -0.2) is 36.3 Å². The number of nitrogens with zero attached hydrogens (tertiary/aromatic N) is 1. The maximum Gasteiger partial charge on any atom is 0.123 e. The van der Waals surface area contributed by atoms with Crippen LogP contribution in [0.4, 0.5) is 0 Å². The summed E-state index contributed by atoms with van der Waals surface area (Å²) < 4.78 is 5.41. The Bertz CT molecular complexity index is 367. The van der Waals surface area contributed by atoms with E-state index in [1.807, 2.05) is 12.1 Å². The molecule has 0 aliphatic carbocycles. The molecule has 0 bridgehead atoms. The zero-order chi connectivity index (χ0) is 12.8. The summed E-state index contributed by atoms with van der Waals surface area (Å²) in [5, 5.41) is 8.95. The number of methoxy groups -OCH3 is 1. The second-order valence-corrected chi connectivity index (χ2v) is 4.94. The molecule has 1 atom stereocenters. The number of para-hydroxylation sites is 1. The molecule has 1 fully saturated rings. The summed E-state index contributed by atoms with van der Waals surface area (Å²) >= 11 is 0. The van der Waals surface area contributed by atoms with E-state index in [2.05, 4.69) is 17.0 Å². The maximum absolute atomic E-state index is 8.95. The van der Waals surface area contributed by atoms with Crippen LogP contribution in [0, 0.1) is 0 Å². The van der Waals surface area contributed by atoms with Crippen molar-refractivity contribution in [3.8, 4) is 5.75 Å². The molecule has 1 heterocycles. The molecule has 18 heavy (non-hydrogen) atoms. The Labute approximate surface area is 109 Å². The average Bonchev–Trinajstić information content (AvgIpc) is 2.84. The number of aliphatic hydroxyl groups is 1. The number of hydrogen-bond acceptors (Lipinski definition) is 3. The van der Waals surface area contributed by atoms with Gasteiger partial charge in [0.1, 0.15) is 5.75 Å². The minimum Gasteiger partial charge on any atom is -0.496 e. The molecule has 1 aliphatic heterocycles. The van der Waals surface area contributed by atoms with Gasteiger partial charge in [0.2, 0.25) is 0 Å². The highest BCUT2D eigenvalue weighted by atomic mass is 16.5. The van der Waals surface area contributed by atoms with Crippen molar-refractivity contribution in [2.24, 2.45) is 0 Å². The number of aliphatic hydroxyl groups excluding tert-OH is 1. The lowest BCUT2D eigenvalue weighted by Gasteiger charge is -2.25. The Morgan fingerprint density at radius 2 is 2.22 bits per heavy atom. The summed E-state index contributed by atoms with van der Waals surface area (Å²) in [6.07, 6.45) is 4.54. The normalized spacial score (nSPS) is 20.2. The van der Waals surface area contributed by atoms with Gasteiger partial charge in [-0.15, -0.1) is 0 Å². The molecule has 1 unspecified atom stereocenters. The van der Waals surface area contributed by atoms with Crippen molar-refractivity contribution in [3.63, 3.8) is 0 Å². The summed E-state index contributed by atoms with van der Waals surface area (Å²) in [7, 11) is 1.73. The standard InChI is InChI=1S/C15H23NO2/c1-18-15-9-3-2-6-13(15)12-16-10-4-7-14(16)8-5-11-17/h2-3,6,9,14,17H,4-5,7-8,10-12H2,1H3. The lowest BCUT2D eigenvalue weighted by molar-refractivity contribution is 0.208. The summed E-state index contributed by atoms with van der Waals surface area (Å²) in [5.74, 6) is 0.977.